The second-order valence-electron chi connectivity index (χ2n) is 4.96. The summed E-state index contributed by atoms with van der Waals surface area (Å²) >= 11 is 1.53. The molecule has 0 aliphatic carbocycles. The van der Waals surface area contributed by atoms with Crippen LogP contribution in [0.15, 0.2) is 48.8 Å². The van der Waals surface area contributed by atoms with Crippen LogP contribution in [0.3, 0.4) is 0 Å². The summed E-state index contributed by atoms with van der Waals surface area (Å²) in [6, 6.07) is 4.05. The van der Waals surface area contributed by atoms with Gasteiger partial charge in [0.25, 0.3) is 5.19 Å². The van der Waals surface area contributed by atoms with Crippen LogP contribution in [0, 0.1) is 0 Å². The summed E-state index contributed by atoms with van der Waals surface area (Å²) < 4.78 is 5.97. The second-order valence-corrected chi connectivity index (χ2v) is 5.82. The molecule has 2 heterocycles. The van der Waals surface area contributed by atoms with Crippen molar-refractivity contribution in [2.75, 3.05) is 13.6 Å². The highest BCUT2D eigenvalue weighted by Gasteiger charge is 2.14. The number of hydrogen-bond acceptors (Lipinski definition) is 5. The quantitative estimate of drug-likeness (QED) is 0.666. The monoisotopic (exact) mass is 303 g/mol. The van der Waals surface area contributed by atoms with Crippen molar-refractivity contribution in [1.82, 2.24) is 14.9 Å². The third-order valence-electron chi connectivity index (χ3n) is 3.06. The Labute approximate surface area is 130 Å². The Morgan fingerprint density at radius 3 is 3.05 bits per heavy atom. The van der Waals surface area contributed by atoms with Crippen LogP contribution in [-0.2, 0) is 6.54 Å². The van der Waals surface area contributed by atoms with Gasteiger partial charge >= 0.3 is 0 Å². The molecule has 1 atom stereocenters. The molecule has 2 aromatic heterocycles. The van der Waals surface area contributed by atoms with Crippen molar-refractivity contribution in [1.29, 1.82) is 0 Å². The van der Waals surface area contributed by atoms with E-state index in [1.54, 1.807) is 12.4 Å². The lowest BCUT2D eigenvalue weighted by Crippen LogP contribution is -2.32. The van der Waals surface area contributed by atoms with Crippen molar-refractivity contribution >= 4 is 11.3 Å². The zero-order valence-electron chi connectivity index (χ0n) is 12.3. The maximum atomic E-state index is 5.97. The first-order valence-electron chi connectivity index (χ1n) is 7.02. The molecule has 0 spiro atoms. The number of hydrogen-bond donors (Lipinski definition) is 0. The maximum Gasteiger partial charge on any atom is 0.273 e. The van der Waals surface area contributed by atoms with Gasteiger partial charge in [-0.2, -0.15) is 0 Å². The van der Waals surface area contributed by atoms with Gasteiger partial charge in [0.1, 0.15) is 6.10 Å². The van der Waals surface area contributed by atoms with Gasteiger partial charge in [-0.3, -0.25) is 9.88 Å². The lowest BCUT2D eigenvalue weighted by Gasteiger charge is -2.23. The Balaban J connectivity index is 1.89. The lowest BCUT2D eigenvalue weighted by molar-refractivity contribution is 0.136. The van der Waals surface area contributed by atoms with Crippen LogP contribution >= 0.6 is 11.3 Å². The number of thiazole rings is 1. The summed E-state index contributed by atoms with van der Waals surface area (Å²) in [6.45, 7) is 5.50. The van der Waals surface area contributed by atoms with E-state index in [1.807, 2.05) is 23.7 Å². The van der Waals surface area contributed by atoms with E-state index in [9.17, 15) is 0 Å². The highest BCUT2D eigenvalue weighted by Crippen LogP contribution is 2.18. The van der Waals surface area contributed by atoms with Gasteiger partial charge in [-0.1, -0.05) is 23.5 Å². The minimum absolute atomic E-state index is 0.121. The molecule has 5 heteroatoms. The third kappa shape index (κ3) is 5.65. The van der Waals surface area contributed by atoms with Crippen molar-refractivity contribution in [2.24, 2.45) is 0 Å². The number of ether oxygens (including phenoxy) is 1. The summed E-state index contributed by atoms with van der Waals surface area (Å²) in [7, 11) is 2.10. The predicted octanol–water partition coefficient (Wildman–Crippen LogP) is 3.38. The average molecular weight is 303 g/mol. The van der Waals surface area contributed by atoms with E-state index in [2.05, 4.69) is 34.6 Å². The van der Waals surface area contributed by atoms with Crippen molar-refractivity contribution in [2.45, 2.75) is 25.5 Å². The van der Waals surface area contributed by atoms with Crippen LogP contribution < -0.4 is 4.74 Å². The molecule has 4 nitrogen and oxygen atoms in total. The molecule has 2 aromatic rings. The van der Waals surface area contributed by atoms with Crippen molar-refractivity contribution in [3.05, 3.63) is 54.3 Å². The first kappa shape index (κ1) is 15.7. The molecule has 0 saturated heterocycles. The fourth-order valence-electron chi connectivity index (χ4n) is 2.12. The van der Waals surface area contributed by atoms with Crippen LogP contribution in [0.4, 0.5) is 0 Å². The first-order valence-corrected chi connectivity index (χ1v) is 7.90. The standard InChI is InChI=1S/C16H21N3OS/c1-3-4-7-15(20-16-18-9-10-21-16)13-19(2)12-14-6-5-8-17-11-14/h3,5-6,8-11,15H,1,4,7,12-13H2,2H3/t15-/m1/s1. The van der Waals surface area contributed by atoms with Gasteiger partial charge in [0, 0.05) is 37.1 Å². The normalized spacial score (nSPS) is 12.3. The Kier molecular flexibility index (Phi) is 6.37. The minimum atomic E-state index is 0.121. The van der Waals surface area contributed by atoms with Gasteiger partial charge in [0.2, 0.25) is 0 Å². The molecule has 0 aliphatic rings. The third-order valence-corrected chi connectivity index (χ3v) is 3.72. The maximum absolute atomic E-state index is 5.97. The summed E-state index contributed by atoms with van der Waals surface area (Å²) in [5, 5.41) is 2.66. The fourth-order valence-corrected chi connectivity index (χ4v) is 2.67. The zero-order valence-corrected chi connectivity index (χ0v) is 13.1. The van der Waals surface area contributed by atoms with Gasteiger partial charge in [-0.15, -0.1) is 6.58 Å². The second kappa shape index (κ2) is 8.54. The topological polar surface area (TPSA) is 38.2 Å². The average Bonchev–Trinajstić information content (AvgIpc) is 2.98. The molecule has 0 unspecified atom stereocenters. The van der Waals surface area contributed by atoms with E-state index in [4.69, 9.17) is 4.74 Å². The summed E-state index contributed by atoms with van der Waals surface area (Å²) in [4.78, 5) is 10.6. The predicted molar refractivity (Wildman–Crippen MR) is 86.5 cm³/mol. The Bertz CT molecular complexity index is 516. The molecular formula is C16H21N3OS. The number of pyridine rings is 1. The number of rotatable bonds is 9. The SMILES string of the molecule is C=CCC[C@H](CN(C)Cc1cccnc1)Oc1nccs1. The van der Waals surface area contributed by atoms with Crippen LogP contribution in [0.2, 0.25) is 0 Å². The Morgan fingerprint density at radius 2 is 2.38 bits per heavy atom. The lowest BCUT2D eigenvalue weighted by atomic mass is 10.1. The van der Waals surface area contributed by atoms with E-state index in [0.717, 1.165) is 31.1 Å². The van der Waals surface area contributed by atoms with Crippen LogP contribution in [0.25, 0.3) is 0 Å². The Hall–Kier alpha value is -1.72. The molecule has 0 radical (unpaired) electrons. The summed E-state index contributed by atoms with van der Waals surface area (Å²) in [6.07, 6.45) is 9.40. The molecule has 0 aromatic carbocycles. The van der Waals surface area contributed by atoms with Crippen LogP contribution in [0.1, 0.15) is 18.4 Å². The van der Waals surface area contributed by atoms with Gasteiger partial charge in [-0.25, -0.2) is 4.98 Å². The van der Waals surface area contributed by atoms with E-state index in [0.29, 0.717) is 0 Å². The zero-order chi connectivity index (χ0) is 14.9. The molecule has 0 bridgehead atoms. The largest absolute Gasteiger partial charge is 0.465 e. The highest BCUT2D eigenvalue weighted by molar-refractivity contribution is 7.11. The first-order chi connectivity index (χ1) is 10.3. The molecule has 0 fully saturated rings. The highest BCUT2D eigenvalue weighted by atomic mass is 32.1. The molecule has 21 heavy (non-hydrogen) atoms. The fraction of sp³-hybridized carbons (Fsp3) is 0.375. The smallest absolute Gasteiger partial charge is 0.273 e. The molecule has 0 amide bonds. The number of aromatic nitrogens is 2. The van der Waals surface area contributed by atoms with Gasteiger partial charge in [0.05, 0.1) is 0 Å². The van der Waals surface area contributed by atoms with E-state index < -0.39 is 0 Å². The van der Waals surface area contributed by atoms with E-state index in [1.165, 1.54) is 16.9 Å². The van der Waals surface area contributed by atoms with Crippen molar-refractivity contribution in [3.63, 3.8) is 0 Å². The molecular weight excluding hydrogens is 282 g/mol. The minimum Gasteiger partial charge on any atom is -0.465 e. The summed E-state index contributed by atoms with van der Waals surface area (Å²) in [5.41, 5.74) is 1.21. The molecule has 112 valence electrons. The van der Waals surface area contributed by atoms with Gasteiger partial charge < -0.3 is 4.74 Å². The van der Waals surface area contributed by atoms with Crippen molar-refractivity contribution in [3.8, 4) is 5.19 Å². The molecule has 0 aliphatic heterocycles. The van der Waals surface area contributed by atoms with Crippen molar-refractivity contribution < 1.29 is 4.74 Å². The van der Waals surface area contributed by atoms with E-state index in [-0.39, 0.29) is 6.10 Å². The molecule has 0 saturated carbocycles. The number of likely N-dealkylation sites (N-methyl/N-ethyl adjacent to an activating group) is 1. The number of nitrogens with zero attached hydrogens (tertiary/aromatic N) is 3. The number of allylic oxidation sites excluding steroid dienone is 1. The molecule has 2 rings (SSSR count). The van der Waals surface area contributed by atoms with Crippen LogP contribution in [-0.4, -0.2) is 34.6 Å². The van der Waals surface area contributed by atoms with Crippen LogP contribution in [0.5, 0.6) is 5.19 Å². The van der Waals surface area contributed by atoms with Gasteiger partial charge in [0.15, 0.2) is 0 Å². The summed E-state index contributed by atoms with van der Waals surface area (Å²) in [5.74, 6) is 0. The Morgan fingerprint density at radius 1 is 1.48 bits per heavy atom. The van der Waals surface area contributed by atoms with Gasteiger partial charge in [-0.05, 0) is 31.5 Å². The van der Waals surface area contributed by atoms with E-state index >= 15 is 0 Å². The molecule has 0 N–H and O–H groups in total.